The summed E-state index contributed by atoms with van der Waals surface area (Å²) >= 11 is 0. The highest BCUT2D eigenvalue weighted by atomic mass is 16.4. The van der Waals surface area contributed by atoms with E-state index in [1.54, 1.807) is 18.2 Å². The van der Waals surface area contributed by atoms with Crippen LogP contribution in [0.2, 0.25) is 0 Å². The zero-order chi connectivity index (χ0) is 9.40. The van der Waals surface area contributed by atoms with Gasteiger partial charge in [-0.3, -0.25) is 0 Å². The van der Waals surface area contributed by atoms with Crippen LogP contribution in [0.4, 0.5) is 0 Å². The Kier molecular flexibility index (Phi) is 5.43. The van der Waals surface area contributed by atoms with E-state index in [0.717, 1.165) is 0 Å². The molecule has 0 unspecified atom stereocenters. The van der Waals surface area contributed by atoms with Crippen molar-refractivity contribution < 1.29 is 10.3 Å². The summed E-state index contributed by atoms with van der Waals surface area (Å²) in [5.41, 5.74) is 0.505. The Balaban J connectivity index is 0.000000561. The molecule has 0 aliphatic carbocycles. The fraction of sp³-hybridized carbons (Fsp3) is 0.222. The summed E-state index contributed by atoms with van der Waals surface area (Å²) in [5, 5.41) is 19.9. The third-order valence-corrected chi connectivity index (χ3v) is 1.13. The van der Waals surface area contributed by atoms with Crippen molar-refractivity contribution in [3.63, 3.8) is 0 Å². The van der Waals surface area contributed by atoms with Crippen LogP contribution in [0.5, 0.6) is 5.75 Å². The summed E-state index contributed by atoms with van der Waals surface area (Å²) < 4.78 is 0. The molecule has 3 heteroatoms. The normalized spacial score (nSPS) is 9.17. The number of rotatable bonds is 1. The lowest BCUT2D eigenvalue weighted by Gasteiger charge is -1.93. The average Bonchev–Trinajstić information content (AvgIpc) is 2.13. The van der Waals surface area contributed by atoms with Crippen LogP contribution < -0.4 is 0 Å². The minimum absolute atomic E-state index is 0.111. The van der Waals surface area contributed by atoms with Crippen LogP contribution in [-0.4, -0.2) is 16.5 Å². The minimum Gasteiger partial charge on any atom is -0.507 e. The minimum atomic E-state index is 0.111. The molecule has 0 atom stereocenters. The highest BCUT2D eigenvalue weighted by Crippen LogP contribution is 2.12. The van der Waals surface area contributed by atoms with E-state index < -0.39 is 0 Å². The quantitative estimate of drug-likeness (QED) is 0.383. The Morgan fingerprint density at radius 1 is 1.25 bits per heavy atom. The number of oxime groups is 1. The zero-order valence-corrected chi connectivity index (χ0v) is 7.23. The topological polar surface area (TPSA) is 52.8 Å². The third-order valence-electron chi connectivity index (χ3n) is 1.13. The first-order valence-corrected chi connectivity index (χ1v) is 3.80. The molecule has 1 aromatic rings. The average molecular weight is 167 g/mol. The SMILES string of the molecule is CC.ON=Cc1ccccc1O. The highest BCUT2D eigenvalue weighted by Gasteiger charge is 1.92. The van der Waals surface area contributed by atoms with E-state index in [-0.39, 0.29) is 5.75 Å². The Morgan fingerprint density at radius 2 is 1.83 bits per heavy atom. The van der Waals surface area contributed by atoms with Crippen LogP contribution in [0.1, 0.15) is 19.4 Å². The maximum Gasteiger partial charge on any atom is 0.124 e. The summed E-state index contributed by atoms with van der Waals surface area (Å²) in [4.78, 5) is 0. The van der Waals surface area contributed by atoms with Gasteiger partial charge in [-0.2, -0.15) is 0 Å². The molecule has 0 fully saturated rings. The van der Waals surface area contributed by atoms with Crippen molar-refractivity contribution in [3.05, 3.63) is 29.8 Å². The second-order valence-corrected chi connectivity index (χ2v) is 1.80. The summed E-state index contributed by atoms with van der Waals surface area (Å²) in [5.74, 6) is 0.111. The van der Waals surface area contributed by atoms with Crippen LogP contribution in [0.15, 0.2) is 29.4 Å². The lowest BCUT2D eigenvalue weighted by molar-refractivity contribution is 0.321. The summed E-state index contributed by atoms with van der Waals surface area (Å²) in [7, 11) is 0. The second-order valence-electron chi connectivity index (χ2n) is 1.80. The number of phenols is 1. The van der Waals surface area contributed by atoms with E-state index in [0.29, 0.717) is 5.56 Å². The first-order chi connectivity index (χ1) is 5.84. The molecule has 0 heterocycles. The van der Waals surface area contributed by atoms with E-state index in [9.17, 15) is 0 Å². The highest BCUT2D eigenvalue weighted by molar-refractivity contribution is 5.82. The van der Waals surface area contributed by atoms with Crippen molar-refractivity contribution in [1.82, 2.24) is 0 Å². The van der Waals surface area contributed by atoms with Crippen molar-refractivity contribution in [3.8, 4) is 5.75 Å². The molecule has 0 spiro atoms. The fourth-order valence-corrected chi connectivity index (χ4v) is 0.659. The molecule has 12 heavy (non-hydrogen) atoms. The molecule has 0 saturated carbocycles. The molecule has 0 aliphatic heterocycles. The van der Waals surface area contributed by atoms with Gasteiger partial charge in [-0.1, -0.05) is 31.1 Å². The Bertz CT molecular complexity index is 246. The third kappa shape index (κ3) is 3.05. The standard InChI is InChI=1S/C7H7NO2.C2H6/c9-7-4-2-1-3-6(7)5-8-10;1-2/h1-5,9-10H;1-2H3. The number of phenolic OH excluding ortho intramolecular Hbond substituents is 1. The first kappa shape index (κ1) is 10.5. The number of hydrogen-bond acceptors (Lipinski definition) is 3. The van der Waals surface area contributed by atoms with Crippen molar-refractivity contribution in [1.29, 1.82) is 0 Å². The van der Waals surface area contributed by atoms with Crippen LogP contribution in [-0.2, 0) is 0 Å². The van der Waals surface area contributed by atoms with Gasteiger partial charge in [-0.25, -0.2) is 0 Å². The fourth-order valence-electron chi connectivity index (χ4n) is 0.659. The number of aromatic hydroxyl groups is 1. The molecule has 0 amide bonds. The van der Waals surface area contributed by atoms with Gasteiger partial charge in [0.2, 0.25) is 0 Å². The van der Waals surface area contributed by atoms with Crippen LogP contribution in [0.3, 0.4) is 0 Å². The molecule has 3 nitrogen and oxygen atoms in total. The van der Waals surface area contributed by atoms with Crippen molar-refractivity contribution in [2.75, 3.05) is 0 Å². The maximum absolute atomic E-state index is 9.04. The predicted octanol–water partition coefficient (Wildman–Crippen LogP) is 2.23. The molecule has 0 saturated heterocycles. The van der Waals surface area contributed by atoms with Gasteiger partial charge in [0.1, 0.15) is 5.75 Å². The van der Waals surface area contributed by atoms with Crippen LogP contribution in [0, 0.1) is 0 Å². The van der Waals surface area contributed by atoms with Gasteiger partial charge in [-0.05, 0) is 12.1 Å². The summed E-state index contributed by atoms with van der Waals surface area (Å²) in [6.07, 6.45) is 1.18. The molecule has 0 aliphatic rings. The molecule has 0 aromatic heterocycles. The van der Waals surface area contributed by atoms with Gasteiger partial charge in [0.25, 0.3) is 0 Å². The van der Waals surface area contributed by atoms with E-state index in [1.165, 1.54) is 12.3 Å². The summed E-state index contributed by atoms with van der Waals surface area (Å²) in [6.45, 7) is 4.00. The van der Waals surface area contributed by atoms with Crippen LogP contribution >= 0.6 is 0 Å². The van der Waals surface area contributed by atoms with E-state index in [4.69, 9.17) is 10.3 Å². The molecular weight excluding hydrogens is 154 g/mol. The Labute approximate surface area is 72.0 Å². The molecular formula is C9H13NO2. The van der Waals surface area contributed by atoms with Gasteiger partial charge in [0, 0.05) is 5.56 Å². The molecule has 0 bridgehead atoms. The van der Waals surface area contributed by atoms with Crippen LogP contribution in [0.25, 0.3) is 0 Å². The molecule has 0 radical (unpaired) electrons. The van der Waals surface area contributed by atoms with Gasteiger partial charge in [0.15, 0.2) is 0 Å². The lowest BCUT2D eigenvalue weighted by atomic mass is 10.2. The van der Waals surface area contributed by atoms with E-state index >= 15 is 0 Å². The Hall–Kier alpha value is -1.51. The van der Waals surface area contributed by atoms with Gasteiger partial charge in [0.05, 0.1) is 6.21 Å². The van der Waals surface area contributed by atoms with Gasteiger partial charge in [-0.15, -0.1) is 0 Å². The first-order valence-electron chi connectivity index (χ1n) is 3.80. The van der Waals surface area contributed by atoms with Crippen molar-refractivity contribution >= 4 is 6.21 Å². The summed E-state index contributed by atoms with van der Waals surface area (Å²) in [6, 6.07) is 6.62. The van der Waals surface area contributed by atoms with Crippen molar-refractivity contribution in [2.24, 2.45) is 5.16 Å². The smallest absolute Gasteiger partial charge is 0.124 e. The monoisotopic (exact) mass is 167 g/mol. The van der Waals surface area contributed by atoms with E-state index in [1.807, 2.05) is 13.8 Å². The number of para-hydroxylation sites is 1. The molecule has 66 valence electrons. The number of hydrogen-bond donors (Lipinski definition) is 2. The Morgan fingerprint density at radius 3 is 2.33 bits per heavy atom. The van der Waals surface area contributed by atoms with Crippen molar-refractivity contribution in [2.45, 2.75) is 13.8 Å². The molecule has 1 rings (SSSR count). The molecule has 2 N–H and O–H groups in total. The molecule has 1 aromatic carbocycles. The van der Waals surface area contributed by atoms with Gasteiger partial charge >= 0.3 is 0 Å². The lowest BCUT2D eigenvalue weighted by Crippen LogP contribution is -1.79. The maximum atomic E-state index is 9.04. The largest absolute Gasteiger partial charge is 0.507 e. The second kappa shape index (κ2) is 6.22. The van der Waals surface area contributed by atoms with Gasteiger partial charge < -0.3 is 10.3 Å². The number of nitrogens with zero attached hydrogens (tertiary/aromatic N) is 1. The zero-order valence-electron chi connectivity index (χ0n) is 7.23. The number of benzene rings is 1. The van der Waals surface area contributed by atoms with E-state index in [2.05, 4.69) is 5.16 Å². The predicted molar refractivity (Wildman–Crippen MR) is 48.8 cm³/mol.